The number of rotatable bonds is 5. The number of hydrogen-bond donors (Lipinski definition) is 1. The smallest absolute Gasteiger partial charge is 0.244 e. The van der Waals surface area contributed by atoms with E-state index < -0.39 is 16.1 Å². The van der Waals surface area contributed by atoms with Crippen molar-refractivity contribution in [1.82, 2.24) is 24.1 Å². The molecule has 2 aromatic heterocycles. The van der Waals surface area contributed by atoms with Crippen LogP contribution >= 0.6 is 0 Å². The van der Waals surface area contributed by atoms with E-state index in [0.717, 1.165) is 6.54 Å². The Morgan fingerprint density at radius 3 is 2.57 bits per heavy atom. The van der Waals surface area contributed by atoms with E-state index in [2.05, 4.69) is 14.8 Å². The van der Waals surface area contributed by atoms with Gasteiger partial charge >= 0.3 is 0 Å². The molecule has 2 heterocycles. The van der Waals surface area contributed by atoms with Crippen molar-refractivity contribution in [2.45, 2.75) is 45.2 Å². The van der Waals surface area contributed by atoms with Crippen LogP contribution in [-0.2, 0) is 23.6 Å². The summed E-state index contributed by atoms with van der Waals surface area (Å²) in [5.74, 6) is 0.695. The molecule has 1 atom stereocenters. The molecule has 2 rings (SSSR count). The summed E-state index contributed by atoms with van der Waals surface area (Å²) in [5.41, 5.74) is 1.11. The van der Waals surface area contributed by atoms with Crippen LogP contribution in [0.3, 0.4) is 0 Å². The SMILES string of the molecule is CCn1ccnc1C(C)NS(=O)(=O)c1c(C)nn(C)c1C. The highest BCUT2D eigenvalue weighted by molar-refractivity contribution is 7.89. The summed E-state index contributed by atoms with van der Waals surface area (Å²) in [6, 6.07) is -0.413. The molecule has 0 bridgehead atoms. The Balaban J connectivity index is 2.33. The average Bonchev–Trinajstić information content (AvgIpc) is 2.94. The van der Waals surface area contributed by atoms with Gasteiger partial charge in [-0.25, -0.2) is 18.1 Å². The van der Waals surface area contributed by atoms with Gasteiger partial charge in [0.25, 0.3) is 0 Å². The lowest BCUT2D eigenvalue weighted by atomic mass is 10.3. The van der Waals surface area contributed by atoms with E-state index >= 15 is 0 Å². The molecule has 0 aliphatic heterocycles. The molecule has 8 heteroatoms. The van der Waals surface area contributed by atoms with Crippen LogP contribution in [0.2, 0.25) is 0 Å². The molecule has 0 radical (unpaired) electrons. The van der Waals surface area contributed by atoms with Gasteiger partial charge in [0, 0.05) is 26.0 Å². The van der Waals surface area contributed by atoms with Crippen LogP contribution in [0, 0.1) is 13.8 Å². The second kappa shape index (κ2) is 5.61. The van der Waals surface area contributed by atoms with Crippen LogP contribution in [-0.4, -0.2) is 27.7 Å². The van der Waals surface area contributed by atoms with Crippen molar-refractivity contribution in [2.24, 2.45) is 7.05 Å². The molecule has 0 aliphatic rings. The molecule has 0 fully saturated rings. The van der Waals surface area contributed by atoms with Crippen molar-refractivity contribution < 1.29 is 8.42 Å². The van der Waals surface area contributed by atoms with E-state index in [0.29, 0.717) is 17.2 Å². The lowest BCUT2D eigenvalue weighted by Gasteiger charge is -2.15. The third-order valence-corrected chi connectivity index (χ3v) is 5.31. The van der Waals surface area contributed by atoms with Crippen LogP contribution in [0.1, 0.15) is 37.1 Å². The Kier molecular flexibility index (Phi) is 4.20. The molecular formula is C13H21N5O2S. The molecule has 0 amide bonds. The van der Waals surface area contributed by atoms with Gasteiger partial charge < -0.3 is 4.57 Å². The topological polar surface area (TPSA) is 81.8 Å². The van der Waals surface area contributed by atoms with Crippen molar-refractivity contribution in [1.29, 1.82) is 0 Å². The molecule has 1 unspecified atom stereocenters. The second-order valence-electron chi connectivity index (χ2n) is 5.04. The van der Waals surface area contributed by atoms with E-state index in [-0.39, 0.29) is 4.90 Å². The lowest BCUT2D eigenvalue weighted by Crippen LogP contribution is -2.29. The molecule has 7 nitrogen and oxygen atoms in total. The molecule has 21 heavy (non-hydrogen) atoms. The van der Waals surface area contributed by atoms with Gasteiger partial charge in [0.05, 0.1) is 17.4 Å². The maximum Gasteiger partial charge on any atom is 0.244 e. The summed E-state index contributed by atoms with van der Waals surface area (Å²) in [5, 5.41) is 4.16. The van der Waals surface area contributed by atoms with Gasteiger partial charge in [-0.1, -0.05) is 0 Å². The number of nitrogens with one attached hydrogen (secondary N) is 1. The van der Waals surface area contributed by atoms with E-state index in [1.165, 1.54) is 0 Å². The van der Waals surface area contributed by atoms with Crippen molar-refractivity contribution >= 4 is 10.0 Å². The van der Waals surface area contributed by atoms with Crippen LogP contribution in [0.4, 0.5) is 0 Å². The normalized spacial score (nSPS) is 13.6. The van der Waals surface area contributed by atoms with Gasteiger partial charge in [0.15, 0.2) is 0 Å². The molecule has 116 valence electrons. The summed E-state index contributed by atoms with van der Waals surface area (Å²) >= 11 is 0. The third-order valence-electron chi connectivity index (χ3n) is 3.52. The van der Waals surface area contributed by atoms with Crippen LogP contribution in [0.5, 0.6) is 0 Å². The first kappa shape index (κ1) is 15.7. The molecule has 0 spiro atoms. The standard InChI is InChI=1S/C13H21N5O2S/c1-6-18-8-7-14-13(18)10(3)16-21(19,20)12-9(2)15-17(5)11(12)4/h7-8,10,16H,6H2,1-5H3. The Morgan fingerprint density at radius 1 is 1.38 bits per heavy atom. The highest BCUT2D eigenvalue weighted by Crippen LogP contribution is 2.21. The van der Waals surface area contributed by atoms with Gasteiger partial charge in [-0.05, 0) is 27.7 Å². The number of aryl methyl sites for hydroxylation is 3. The molecule has 2 aromatic rings. The van der Waals surface area contributed by atoms with Gasteiger partial charge in [0.2, 0.25) is 10.0 Å². The Labute approximate surface area is 125 Å². The average molecular weight is 311 g/mol. The lowest BCUT2D eigenvalue weighted by molar-refractivity contribution is 0.546. The maximum atomic E-state index is 12.6. The molecule has 0 aliphatic carbocycles. The summed E-state index contributed by atoms with van der Waals surface area (Å²) in [4.78, 5) is 4.47. The quantitative estimate of drug-likeness (QED) is 0.902. The number of nitrogens with zero attached hydrogens (tertiary/aromatic N) is 4. The van der Waals surface area contributed by atoms with Gasteiger partial charge in [-0.3, -0.25) is 4.68 Å². The van der Waals surface area contributed by atoms with Gasteiger partial charge in [-0.2, -0.15) is 5.10 Å². The van der Waals surface area contributed by atoms with E-state index in [1.54, 1.807) is 38.7 Å². The zero-order valence-corrected chi connectivity index (χ0v) is 13.8. The third kappa shape index (κ3) is 2.86. The van der Waals surface area contributed by atoms with Crippen molar-refractivity contribution in [3.63, 3.8) is 0 Å². The molecular weight excluding hydrogens is 290 g/mol. The van der Waals surface area contributed by atoms with Crippen LogP contribution in [0.15, 0.2) is 17.3 Å². The Morgan fingerprint density at radius 2 is 2.05 bits per heavy atom. The minimum atomic E-state index is -3.64. The highest BCUT2D eigenvalue weighted by Gasteiger charge is 2.27. The van der Waals surface area contributed by atoms with Crippen molar-refractivity contribution in [2.75, 3.05) is 0 Å². The first-order valence-electron chi connectivity index (χ1n) is 6.81. The van der Waals surface area contributed by atoms with Crippen molar-refractivity contribution in [3.8, 4) is 0 Å². The number of aromatic nitrogens is 4. The Hall–Kier alpha value is -1.67. The predicted octanol–water partition coefficient (Wildman–Crippen LogP) is 1.29. The minimum absolute atomic E-state index is 0.242. The van der Waals surface area contributed by atoms with Gasteiger partial charge in [0.1, 0.15) is 10.7 Å². The first-order chi connectivity index (χ1) is 9.77. The zero-order chi connectivity index (χ0) is 15.8. The number of hydrogen-bond acceptors (Lipinski definition) is 4. The Bertz CT molecular complexity index is 745. The highest BCUT2D eigenvalue weighted by atomic mass is 32.2. The molecule has 1 N–H and O–H groups in total. The van der Waals surface area contributed by atoms with Gasteiger partial charge in [-0.15, -0.1) is 0 Å². The fourth-order valence-corrected chi connectivity index (χ4v) is 4.10. The monoisotopic (exact) mass is 311 g/mol. The summed E-state index contributed by atoms with van der Waals surface area (Å²) in [6.07, 6.45) is 3.50. The van der Waals surface area contributed by atoms with Crippen LogP contribution in [0.25, 0.3) is 0 Å². The van der Waals surface area contributed by atoms with Crippen molar-refractivity contribution in [3.05, 3.63) is 29.6 Å². The fourth-order valence-electron chi connectivity index (χ4n) is 2.46. The van der Waals surface area contributed by atoms with E-state index in [9.17, 15) is 8.42 Å². The molecule has 0 aromatic carbocycles. The minimum Gasteiger partial charge on any atom is -0.334 e. The van der Waals surface area contributed by atoms with E-state index in [1.807, 2.05) is 17.7 Å². The molecule has 0 saturated heterocycles. The predicted molar refractivity (Wildman–Crippen MR) is 79.3 cm³/mol. The summed E-state index contributed by atoms with van der Waals surface area (Å²) in [6.45, 7) is 7.95. The summed E-state index contributed by atoms with van der Waals surface area (Å²) in [7, 11) is -1.91. The number of imidazole rings is 1. The molecule has 0 saturated carbocycles. The fraction of sp³-hybridized carbons (Fsp3) is 0.538. The van der Waals surface area contributed by atoms with Crippen LogP contribution < -0.4 is 4.72 Å². The maximum absolute atomic E-state index is 12.6. The number of sulfonamides is 1. The zero-order valence-electron chi connectivity index (χ0n) is 13.0. The van der Waals surface area contributed by atoms with E-state index in [4.69, 9.17) is 0 Å². The summed E-state index contributed by atoms with van der Waals surface area (Å²) < 4.78 is 31.3. The first-order valence-corrected chi connectivity index (χ1v) is 8.29. The second-order valence-corrected chi connectivity index (χ2v) is 6.69. The largest absolute Gasteiger partial charge is 0.334 e.